The van der Waals surface area contributed by atoms with Gasteiger partial charge < -0.3 is 5.11 Å². The number of carbonyl (C=O) groups excluding carboxylic acids is 1. The second-order valence-corrected chi connectivity index (χ2v) is 2.36. The minimum atomic E-state index is -0.465. The molecule has 3 N–H and O–H groups in total. The Bertz CT molecular complexity index is 113. The minimum absolute atomic E-state index is 0.297. The first kappa shape index (κ1) is 10.4. The number of rotatable bonds is 5. The van der Waals surface area contributed by atoms with Crippen LogP contribution >= 0.6 is 0 Å². The van der Waals surface area contributed by atoms with E-state index in [2.05, 4.69) is 10.9 Å². The molecule has 1 amide bonds. The number of amides is 1. The molecular formula is C7H16N2O2. The fourth-order valence-electron chi connectivity index (χ4n) is 0.715. The van der Waals surface area contributed by atoms with Gasteiger partial charge in [0, 0.05) is 6.04 Å². The van der Waals surface area contributed by atoms with Gasteiger partial charge in [-0.15, -0.1) is 0 Å². The highest BCUT2D eigenvalue weighted by molar-refractivity contribution is 5.76. The molecule has 0 heterocycles. The molecule has 4 heteroatoms. The SMILES string of the molecule is CCC(CC)NNC(=O)CO. The Balaban J connectivity index is 3.42. The lowest BCUT2D eigenvalue weighted by Crippen LogP contribution is -2.44. The lowest BCUT2D eigenvalue weighted by Gasteiger charge is -2.14. The fourth-order valence-corrected chi connectivity index (χ4v) is 0.715. The van der Waals surface area contributed by atoms with Crippen LogP contribution in [-0.2, 0) is 4.79 Å². The molecular weight excluding hydrogens is 144 g/mol. The van der Waals surface area contributed by atoms with Gasteiger partial charge in [-0.3, -0.25) is 10.2 Å². The Morgan fingerprint density at radius 3 is 2.36 bits per heavy atom. The van der Waals surface area contributed by atoms with E-state index in [9.17, 15) is 4.79 Å². The Morgan fingerprint density at radius 1 is 1.45 bits per heavy atom. The van der Waals surface area contributed by atoms with E-state index in [1.807, 2.05) is 13.8 Å². The molecule has 0 saturated carbocycles. The predicted molar refractivity (Wildman–Crippen MR) is 42.7 cm³/mol. The van der Waals surface area contributed by atoms with E-state index < -0.39 is 12.5 Å². The van der Waals surface area contributed by atoms with Crippen molar-refractivity contribution in [3.05, 3.63) is 0 Å². The van der Waals surface area contributed by atoms with Crippen LogP contribution in [0.2, 0.25) is 0 Å². The Kier molecular flexibility index (Phi) is 5.78. The minimum Gasteiger partial charge on any atom is -0.386 e. The molecule has 0 unspecified atom stereocenters. The molecule has 11 heavy (non-hydrogen) atoms. The Morgan fingerprint density at radius 2 is 2.00 bits per heavy atom. The third-order valence-electron chi connectivity index (χ3n) is 1.54. The van der Waals surface area contributed by atoms with E-state index in [0.717, 1.165) is 12.8 Å². The van der Waals surface area contributed by atoms with Crippen molar-refractivity contribution < 1.29 is 9.90 Å². The molecule has 0 aliphatic heterocycles. The van der Waals surface area contributed by atoms with Gasteiger partial charge in [0.2, 0.25) is 0 Å². The van der Waals surface area contributed by atoms with Crippen molar-refractivity contribution in [2.24, 2.45) is 0 Å². The highest BCUT2D eigenvalue weighted by Crippen LogP contribution is 1.92. The monoisotopic (exact) mass is 160 g/mol. The van der Waals surface area contributed by atoms with E-state index in [0.29, 0.717) is 6.04 Å². The summed E-state index contributed by atoms with van der Waals surface area (Å²) < 4.78 is 0. The van der Waals surface area contributed by atoms with Crippen molar-refractivity contribution in [1.29, 1.82) is 0 Å². The summed E-state index contributed by atoms with van der Waals surface area (Å²) in [6.45, 7) is 3.60. The van der Waals surface area contributed by atoms with Gasteiger partial charge in [0.1, 0.15) is 6.61 Å². The molecule has 0 saturated heterocycles. The maximum absolute atomic E-state index is 10.5. The second kappa shape index (κ2) is 6.12. The number of carbonyl (C=O) groups is 1. The van der Waals surface area contributed by atoms with E-state index in [-0.39, 0.29) is 0 Å². The summed E-state index contributed by atoms with van der Waals surface area (Å²) in [5, 5.41) is 8.34. The first-order valence-corrected chi connectivity index (χ1v) is 3.89. The summed E-state index contributed by atoms with van der Waals surface area (Å²) in [5.74, 6) is -0.392. The van der Waals surface area contributed by atoms with Crippen molar-refractivity contribution >= 4 is 5.91 Å². The van der Waals surface area contributed by atoms with Crippen LogP contribution in [0.25, 0.3) is 0 Å². The largest absolute Gasteiger partial charge is 0.386 e. The zero-order chi connectivity index (χ0) is 8.69. The smallest absolute Gasteiger partial charge is 0.259 e. The zero-order valence-electron chi connectivity index (χ0n) is 7.05. The van der Waals surface area contributed by atoms with Crippen LogP contribution in [0.15, 0.2) is 0 Å². The van der Waals surface area contributed by atoms with E-state index in [4.69, 9.17) is 5.11 Å². The summed E-state index contributed by atoms with van der Waals surface area (Å²) >= 11 is 0. The highest BCUT2D eigenvalue weighted by Gasteiger charge is 2.02. The summed E-state index contributed by atoms with van der Waals surface area (Å²) in [5.41, 5.74) is 5.21. The van der Waals surface area contributed by atoms with Crippen molar-refractivity contribution in [3.8, 4) is 0 Å². The molecule has 0 aromatic rings. The summed E-state index contributed by atoms with van der Waals surface area (Å²) in [6, 6.07) is 0.297. The summed E-state index contributed by atoms with van der Waals surface area (Å²) in [4.78, 5) is 10.5. The lowest BCUT2D eigenvalue weighted by molar-refractivity contribution is -0.125. The summed E-state index contributed by atoms with van der Waals surface area (Å²) in [7, 11) is 0. The number of hydrazine groups is 1. The van der Waals surface area contributed by atoms with E-state index >= 15 is 0 Å². The molecule has 0 aromatic heterocycles. The molecule has 0 aromatic carbocycles. The Labute approximate surface area is 67.0 Å². The molecule has 0 radical (unpaired) electrons. The van der Waals surface area contributed by atoms with Crippen LogP contribution in [-0.4, -0.2) is 23.7 Å². The third kappa shape index (κ3) is 4.75. The van der Waals surface area contributed by atoms with Gasteiger partial charge >= 0.3 is 0 Å². The quantitative estimate of drug-likeness (QED) is 0.488. The molecule has 0 spiro atoms. The van der Waals surface area contributed by atoms with Crippen molar-refractivity contribution in [3.63, 3.8) is 0 Å². The fraction of sp³-hybridized carbons (Fsp3) is 0.857. The maximum Gasteiger partial charge on any atom is 0.259 e. The first-order chi connectivity index (χ1) is 5.24. The number of aliphatic hydroxyl groups is 1. The van der Waals surface area contributed by atoms with Crippen molar-refractivity contribution in [2.75, 3.05) is 6.61 Å². The van der Waals surface area contributed by atoms with Gasteiger partial charge in [0.15, 0.2) is 0 Å². The average molecular weight is 160 g/mol. The van der Waals surface area contributed by atoms with Crippen LogP contribution < -0.4 is 10.9 Å². The molecule has 0 atom stereocenters. The van der Waals surface area contributed by atoms with Gasteiger partial charge in [-0.1, -0.05) is 13.8 Å². The van der Waals surface area contributed by atoms with E-state index in [1.165, 1.54) is 0 Å². The molecule has 0 fully saturated rings. The van der Waals surface area contributed by atoms with Crippen LogP contribution in [0.3, 0.4) is 0 Å². The van der Waals surface area contributed by atoms with Crippen molar-refractivity contribution in [2.45, 2.75) is 32.7 Å². The first-order valence-electron chi connectivity index (χ1n) is 3.89. The second-order valence-electron chi connectivity index (χ2n) is 2.36. The zero-order valence-corrected chi connectivity index (χ0v) is 7.05. The van der Waals surface area contributed by atoms with Crippen LogP contribution in [0.4, 0.5) is 0 Å². The van der Waals surface area contributed by atoms with Crippen LogP contribution in [0.1, 0.15) is 26.7 Å². The molecule has 4 nitrogen and oxygen atoms in total. The van der Waals surface area contributed by atoms with Gasteiger partial charge in [-0.05, 0) is 12.8 Å². The topological polar surface area (TPSA) is 61.4 Å². The normalized spacial score (nSPS) is 10.2. The van der Waals surface area contributed by atoms with E-state index in [1.54, 1.807) is 0 Å². The van der Waals surface area contributed by atoms with Gasteiger partial charge in [0.05, 0.1) is 0 Å². The van der Waals surface area contributed by atoms with Crippen LogP contribution in [0.5, 0.6) is 0 Å². The number of hydrogen-bond acceptors (Lipinski definition) is 3. The lowest BCUT2D eigenvalue weighted by atomic mass is 10.2. The molecule has 0 bridgehead atoms. The van der Waals surface area contributed by atoms with Crippen LogP contribution in [0, 0.1) is 0 Å². The average Bonchev–Trinajstić information content (AvgIpc) is 2.06. The highest BCUT2D eigenvalue weighted by atomic mass is 16.3. The standard InChI is InChI=1S/C7H16N2O2/c1-3-6(4-2)8-9-7(11)5-10/h6,8,10H,3-5H2,1-2H3,(H,9,11). The van der Waals surface area contributed by atoms with Gasteiger partial charge in [-0.25, -0.2) is 5.43 Å². The predicted octanol–water partition coefficient (Wildman–Crippen LogP) is -0.212. The molecule has 0 aliphatic carbocycles. The number of hydrogen-bond donors (Lipinski definition) is 3. The molecule has 0 rings (SSSR count). The van der Waals surface area contributed by atoms with Crippen molar-refractivity contribution in [1.82, 2.24) is 10.9 Å². The Hall–Kier alpha value is -0.610. The maximum atomic E-state index is 10.5. The van der Waals surface area contributed by atoms with Gasteiger partial charge in [0.25, 0.3) is 5.91 Å². The third-order valence-corrected chi connectivity index (χ3v) is 1.54. The molecule has 0 aliphatic rings. The summed E-state index contributed by atoms with van der Waals surface area (Å²) in [6.07, 6.45) is 1.92. The molecule has 66 valence electrons. The van der Waals surface area contributed by atoms with Gasteiger partial charge in [-0.2, -0.15) is 0 Å². The number of nitrogens with one attached hydrogen (secondary N) is 2. The number of aliphatic hydroxyl groups excluding tert-OH is 1.